The molecule has 0 amide bonds. The Morgan fingerprint density at radius 3 is 1.27 bits per heavy atom. The van der Waals surface area contributed by atoms with Crippen LogP contribution in [0.4, 0.5) is 17.1 Å². The van der Waals surface area contributed by atoms with Gasteiger partial charge in [-0.1, -0.05) is 158 Å². The Hall–Kier alpha value is -8.40. The van der Waals surface area contributed by atoms with Gasteiger partial charge in [-0.05, 0) is 129 Å². The molecule has 2 aromatic heterocycles. The zero-order valence-corrected chi connectivity index (χ0v) is 34.4. The maximum atomic E-state index is 6.25. The van der Waals surface area contributed by atoms with E-state index < -0.39 is 0 Å². The zero-order valence-electron chi connectivity index (χ0n) is 34.4. The van der Waals surface area contributed by atoms with E-state index in [1.54, 1.807) is 0 Å². The molecule has 0 bridgehead atoms. The van der Waals surface area contributed by atoms with Crippen LogP contribution in [0.1, 0.15) is 0 Å². The summed E-state index contributed by atoms with van der Waals surface area (Å²) in [5, 5.41) is 4.80. The highest BCUT2D eigenvalue weighted by Gasteiger charge is 2.16. The first-order valence-electron chi connectivity index (χ1n) is 21.5. The molecular formula is C60H40N2O. The zero-order chi connectivity index (χ0) is 41.7. The second-order valence-corrected chi connectivity index (χ2v) is 16.2. The van der Waals surface area contributed by atoms with Gasteiger partial charge in [0, 0.05) is 44.3 Å². The van der Waals surface area contributed by atoms with Crippen LogP contribution in [-0.2, 0) is 0 Å². The van der Waals surface area contributed by atoms with Crippen LogP contribution in [0, 0.1) is 0 Å². The lowest BCUT2D eigenvalue weighted by molar-refractivity contribution is 0.669. The van der Waals surface area contributed by atoms with E-state index in [0.29, 0.717) is 0 Å². The van der Waals surface area contributed by atoms with Crippen molar-refractivity contribution < 1.29 is 4.42 Å². The Labute approximate surface area is 366 Å². The molecule has 0 saturated carbocycles. The number of fused-ring (bicyclic) bond motifs is 6. The molecule has 2 heterocycles. The van der Waals surface area contributed by atoms with Crippen molar-refractivity contribution >= 4 is 60.8 Å². The molecule has 0 radical (unpaired) electrons. The fourth-order valence-corrected chi connectivity index (χ4v) is 9.30. The number of aromatic nitrogens is 1. The molecule has 0 unspecified atom stereocenters. The molecule has 0 spiro atoms. The van der Waals surface area contributed by atoms with E-state index in [1.807, 2.05) is 12.1 Å². The van der Waals surface area contributed by atoms with Gasteiger partial charge in [0.05, 0.1) is 11.0 Å². The minimum atomic E-state index is 0.898. The van der Waals surface area contributed by atoms with Gasteiger partial charge in [-0.25, -0.2) is 0 Å². The highest BCUT2D eigenvalue weighted by Crippen LogP contribution is 2.40. The lowest BCUT2D eigenvalue weighted by atomic mass is 9.98. The van der Waals surface area contributed by atoms with Gasteiger partial charge in [0.2, 0.25) is 0 Å². The second-order valence-electron chi connectivity index (χ2n) is 16.2. The van der Waals surface area contributed by atoms with Gasteiger partial charge in [-0.15, -0.1) is 0 Å². The van der Waals surface area contributed by atoms with Crippen molar-refractivity contribution in [3.8, 4) is 50.2 Å². The van der Waals surface area contributed by atoms with Gasteiger partial charge in [0.25, 0.3) is 0 Å². The predicted molar refractivity (Wildman–Crippen MR) is 264 cm³/mol. The molecule has 0 aliphatic rings. The molecule has 0 fully saturated rings. The van der Waals surface area contributed by atoms with Crippen molar-refractivity contribution in [3.63, 3.8) is 0 Å². The number of hydrogen-bond donors (Lipinski definition) is 0. The van der Waals surface area contributed by atoms with E-state index >= 15 is 0 Å². The van der Waals surface area contributed by atoms with E-state index in [9.17, 15) is 0 Å². The number of benzene rings is 10. The first-order valence-corrected chi connectivity index (χ1v) is 21.5. The third-order valence-electron chi connectivity index (χ3n) is 12.4. The molecule has 296 valence electrons. The van der Waals surface area contributed by atoms with E-state index in [-0.39, 0.29) is 0 Å². The van der Waals surface area contributed by atoms with Crippen LogP contribution in [0.25, 0.3) is 93.9 Å². The smallest absolute Gasteiger partial charge is 0.136 e. The van der Waals surface area contributed by atoms with Gasteiger partial charge in [0.1, 0.15) is 11.2 Å². The maximum absolute atomic E-state index is 6.25. The van der Waals surface area contributed by atoms with Crippen LogP contribution < -0.4 is 4.90 Å². The lowest BCUT2D eigenvalue weighted by Gasteiger charge is -2.26. The monoisotopic (exact) mass is 804 g/mol. The lowest BCUT2D eigenvalue weighted by Crippen LogP contribution is -2.09. The number of anilines is 3. The average molecular weight is 805 g/mol. The van der Waals surface area contributed by atoms with E-state index in [0.717, 1.165) is 61.4 Å². The van der Waals surface area contributed by atoms with Crippen molar-refractivity contribution in [3.05, 3.63) is 243 Å². The molecule has 0 aliphatic carbocycles. The maximum Gasteiger partial charge on any atom is 0.136 e. The third kappa shape index (κ3) is 6.55. The van der Waals surface area contributed by atoms with Crippen molar-refractivity contribution in [2.45, 2.75) is 0 Å². The molecule has 0 atom stereocenters. The average Bonchev–Trinajstić information content (AvgIpc) is 3.91. The molecule has 3 nitrogen and oxygen atoms in total. The van der Waals surface area contributed by atoms with Crippen LogP contribution in [0.2, 0.25) is 0 Å². The van der Waals surface area contributed by atoms with Gasteiger partial charge in [-0.2, -0.15) is 0 Å². The van der Waals surface area contributed by atoms with Crippen LogP contribution >= 0.6 is 0 Å². The topological polar surface area (TPSA) is 21.3 Å². The Balaban J connectivity index is 0.906. The van der Waals surface area contributed by atoms with Crippen LogP contribution in [0.5, 0.6) is 0 Å². The normalized spacial score (nSPS) is 11.5. The van der Waals surface area contributed by atoms with E-state index in [2.05, 4.69) is 240 Å². The van der Waals surface area contributed by atoms with Crippen molar-refractivity contribution in [2.75, 3.05) is 4.90 Å². The first kappa shape index (κ1) is 36.5. The molecule has 10 aromatic carbocycles. The fourth-order valence-electron chi connectivity index (χ4n) is 9.30. The van der Waals surface area contributed by atoms with Crippen LogP contribution in [0.15, 0.2) is 247 Å². The molecular weight excluding hydrogens is 765 g/mol. The summed E-state index contributed by atoms with van der Waals surface area (Å²) in [6.45, 7) is 0. The summed E-state index contributed by atoms with van der Waals surface area (Å²) < 4.78 is 8.63. The molecule has 63 heavy (non-hydrogen) atoms. The Morgan fingerprint density at radius 1 is 0.270 bits per heavy atom. The summed E-state index contributed by atoms with van der Waals surface area (Å²) in [6.07, 6.45) is 0. The number of nitrogens with zero attached hydrogens (tertiary/aromatic N) is 2. The van der Waals surface area contributed by atoms with E-state index in [1.165, 1.54) is 49.6 Å². The summed E-state index contributed by atoms with van der Waals surface area (Å²) in [5.74, 6) is 0. The van der Waals surface area contributed by atoms with Gasteiger partial charge < -0.3 is 13.9 Å². The molecule has 12 aromatic rings. The predicted octanol–water partition coefficient (Wildman–Crippen LogP) is 16.8. The summed E-state index contributed by atoms with van der Waals surface area (Å²) in [6, 6.07) is 87.1. The second kappa shape index (κ2) is 15.3. The molecule has 0 saturated heterocycles. The summed E-state index contributed by atoms with van der Waals surface area (Å²) in [5.41, 5.74) is 17.9. The first-order chi connectivity index (χ1) is 31.2. The van der Waals surface area contributed by atoms with Crippen molar-refractivity contribution in [1.82, 2.24) is 4.57 Å². The Bertz CT molecular complexity index is 3550. The minimum Gasteiger partial charge on any atom is -0.456 e. The quantitative estimate of drug-likeness (QED) is 0.153. The largest absolute Gasteiger partial charge is 0.456 e. The summed E-state index contributed by atoms with van der Waals surface area (Å²) in [7, 11) is 0. The summed E-state index contributed by atoms with van der Waals surface area (Å²) >= 11 is 0. The molecule has 0 N–H and O–H groups in total. The number of rotatable bonds is 8. The SMILES string of the molecule is c1ccc(-c2cccc(-c3ccc(N(c4ccc(-c5cccc(-n6c7ccccc7c7ccccc76)c5)cc4)c4ccc(-c5ccc6c(c5)oc5ccccc56)cc4)cc3)c2)cc1. The van der Waals surface area contributed by atoms with Crippen molar-refractivity contribution in [2.24, 2.45) is 0 Å². The van der Waals surface area contributed by atoms with Crippen LogP contribution in [0.3, 0.4) is 0 Å². The minimum absolute atomic E-state index is 0.898. The highest BCUT2D eigenvalue weighted by molar-refractivity contribution is 6.09. The van der Waals surface area contributed by atoms with Crippen molar-refractivity contribution in [1.29, 1.82) is 0 Å². The number of para-hydroxylation sites is 3. The number of hydrogen-bond acceptors (Lipinski definition) is 2. The summed E-state index contributed by atoms with van der Waals surface area (Å²) in [4.78, 5) is 2.34. The number of furan rings is 1. The van der Waals surface area contributed by atoms with Gasteiger partial charge >= 0.3 is 0 Å². The molecule has 3 heteroatoms. The van der Waals surface area contributed by atoms with Gasteiger partial charge in [0.15, 0.2) is 0 Å². The molecule has 0 aliphatic heterocycles. The standard InChI is InChI=1S/C60H40N2O/c1-2-12-41(13-3-1)45-14-10-15-46(38-45)42-24-31-49(32-25-42)61(51-35-28-44(29-36-51)48-30-37-56-55-20-6-9-23-59(55)63-60(56)40-48)50-33-26-43(27-34-50)47-16-11-17-52(39-47)62-57-21-7-4-18-53(57)54-19-5-8-22-58(54)62/h1-40H. The molecule has 12 rings (SSSR count). The Kier molecular flexibility index (Phi) is 8.83. The fraction of sp³-hybridized carbons (Fsp3) is 0. The van der Waals surface area contributed by atoms with Gasteiger partial charge in [-0.3, -0.25) is 0 Å². The third-order valence-corrected chi connectivity index (χ3v) is 12.4. The highest BCUT2D eigenvalue weighted by atomic mass is 16.3. The Morgan fingerprint density at radius 2 is 0.683 bits per heavy atom. The van der Waals surface area contributed by atoms with Crippen LogP contribution in [-0.4, -0.2) is 4.57 Å². The van der Waals surface area contributed by atoms with E-state index in [4.69, 9.17) is 4.42 Å².